The lowest BCUT2D eigenvalue weighted by molar-refractivity contribution is -0.140. The van der Waals surface area contributed by atoms with Crippen LogP contribution in [-0.4, -0.2) is 12.6 Å². The minimum atomic E-state index is -1.17. The molecule has 0 aromatic heterocycles. The highest BCUT2D eigenvalue weighted by Crippen LogP contribution is 2.38. The highest BCUT2D eigenvalue weighted by Gasteiger charge is 2.30. The third kappa shape index (κ3) is 7.43. The molecule has 6 heteroatoms. The van der Waals surface area contributed by atoms with Crippen molar-refractivity contribution in [1.29, 1.82) is 0 Å². The zero-order chi connectivity index (χ0) is 27.8. The van der Waals surface area contributed by atoms with Crippen LogP contribution in [0.5, 0.6) is 11.5 Å². The fourth-order valence-corrected chi connectivity index (χ4v) is 5.20. The Labute approximate surface area is 229 Å². The van der Waals surface area contributed by atoms with Crippen molar-refractivity contribution in [2.24, 2.45) is 5.92 Å². The summed E-state index contributed by atoms with van der Waals surface area (Å²) in [5, 5.41) is 0. The van der Waals surface area contributed by atoms with Crippen LogP contribution in [0.2, 0.25) is 0 Å². The van der Waals surface area contributed by atoms with E-state index in [0.717, 1.165) is 24.0 Å². The Balaban J connectivity index is 1.29. The van der Waals surface area contributed by atoms with Crippen molar-refractivity contribution in [3.8, 4) is 22.6 Å². The van der Waals surface area contributed by atoms with Crippen molar-refractivity contribution in [2.75, 3.05) is 6.61 Å². The third-order valence-electron chi connectivity index (χ3n) is 7.61. The van der Waals surface area contributed by atoms with Crippen molar-refractivity contribution < 1.29 is 27.4 Å². The van der Waals surface area contributed by atoms with Crippen LogP contribution in [0.4, 0.5) is 13.2 Å². The molecule has 1 aliphatic carbocycles. The molecular formula is C33H37F3O3. The van der Waals surface area contributed by atoms with E-state index in [0.29, 0.717) is 37.9 Å². The highest BCUT2D eigenvalue weighted by molar-refractivity contribution is 5.76. The zero-order valence-electron chi connectivity index (χ0n) is 22.8. The number of hydrogen-bond acceptors (Lipinski definition) is 3. The van der Waals surface area contributed by atoms with E-state index in [4.69, 9.17) is 9.47 Å². The second-order valence-corrected chi connectivity index (χ2v) is 10.5. The van der Waals surface area contributed by atoms with E-state index in [2.05, 4.69) is 6.92 Å². The fraction of sp³-hybridized carbons (Fsp3) is 0.424. The summed E-state index contributed by atoms with van der Waals surface area (Å²) in [6, 6.07) is 14.9. The summed E-state index contributed by atoms with van der Waals surface area (Å²) in [6.07, 6.45) is 7.98. The summed E-state index contributed by atoms with van der Waals surface area (Å²) < 4.78 is 55.1. The maximum atomic E-state index is 14.8. The monoisotopic (exact) mass is 538 g/mol. The quantitative estimate of drug-likeness (QED) is 0.139. The van der Waals surface area contributed by atoms with Crippen LogP contribution >= 0.6 is 0 Å². The second kappa shape index (κ2) is 13.7. The number of esters is 1. The number of benzene rings is 3. The number of unbranched alkanes of at least 4 members (excludes halogenated alkanes) is 4. The lowest BCUT2D eigenvalue weighted by Crippen LogP contribution is -2.25. The summed E-state index contributed by atoms with van der Waals surface area (Å²) in [5.41, 5.74) is 2.56. The first-order valence-corrected chi connectivity index (χ1v) is 14.1. The van der Waals surface area contributed by atoms with Gasteiger partial charge < -0.3 is 9.47 Å². The molecule has 3 aromatic rings. The van der Waals surface area contributed by atoms with Crippen molar-refractivity contribution >= 4 is 5.97 Å². The van der Waals surface area contributed by atoms with E-state index in [1.807, 2.05) is 25.1 Å². The molecular weight excluding hydrogens is 501 g/mol. The van der Waals surface area contributed by atoms with Gasteiger partial charge in [-0.15, -0.1) is 0 Å². The van der Waals surface area contributed by atoms with Gasteiger partial charge in [0.15, 0.2) is 23.1 Å². The van der Waals surface area contributed by atoms with Crippen molar-refractivity contribution in [3.63, 3.8) is 0 Å². The third-order valence-corrected chi connectivity index (χ3v) is 7.61. The summed E-state index contributed by atoms with van der Waals surface area (Å²) in [5.74, 6) is -3.58. The number of carbonyl (C=O) groups excluding carboxylic acids is 1. The van der Waals surface area contributed by atoms with Gasteiger partial charge in [0.1, 0.15) is 0 Å². The first-order valence-electron chi connectivity index (χ1n) is 14.1. The van der Waals surface area contributed by atoms with Crippen molar-refractivity contribution in [3.05, 3.63) is 83.2 Å². The first kappa shape index (κ1) is 28.7. The second-order valence-electron chi connectivity index (χ2n) is 10.5. The van der Waals surface area contributed by atoms with Gasteiger partial charge in [-0.1, -0.05) is 68.5 Å². The van der Waals surface area contributed by atoms with Crippen LogP contribution in [0.15, 0.2) is 54.6 Å². The van der Waals surface area contributed by atoms with E-state index >= 15 is 0 Å². The van der Waals surface area contributed by atoms with Crippen LogP contribution < -0.4 is 9.47 Å². The molecule has 0 heterocycles. The molecule has 0 bridgehead atoms. The smallest absolute Gasteiger partial charge is 0.314 e. The molecule has 1 fully saturated rings. The number of hydrogen-bond donors (Lipinski definition) is 0. The molecule has 0 aliphatic heterocycles. The van der Waals surface area contributed by atoms with Gasteiger partial charge in [0.05, 0.1) is 12.5 Å². The van der Waals surface area contributed by atoms with E-state index in [1.54, 1.807) is 18.2 Å². The average Bonchev–Trinajstić information content (AvgIpc) is 2.94. The molecule has 1 saturated carbocycles. The normalized spacial score (nSPS) is 17.2. The molecule has 0 spiro atoms. The number of halogens is 3. The molecule has 0 radical (unpaired) electrons. The molecule has 0 atom stereocenters. The minimum Gasteiger partial charge on any atom is -0.491 e. The van der Waals surface area contributed by atoms with Gasteiger partial charge in [-0.05, 0) is 80.3 Å². The number of aryl methyl sites for hydroxylation is 1. The molecule has 4 rings (SSSR count). The van der Waals surface area contributed by atoms with Crippen LogP contribution in [0.25, 0.3) is 11.1 Å². The molecule has 0 amide bonds. The van der Waals surface area contributed by atoms with E-state index in [1.165, 1.54) is 37.5 Å². The lowest BCUT2D eigenvalue weighted by atomic mass is 9.78. The van der Waals surface area contributed by atoms with E-state index in [-0.39, 0.29) is 23.0 Å². The Hall–Kier alpha value is -3.28. The average molecular weight is 539 g/mol. The summed E-state index contributed by atoms with van der Waals surface area (Å²) in [4.78, 5) is 12.8. The molecule has 0 saturated heterocycles. The number of rotatable bonds is 11. The SMILES string of the molecule is CCCCCCCOc1ccc(C2CCC(C(=O)Oc3ccc(-c4ccc(C)cc4)c(F)c3F)CC2)cc1F. The van der Waals surface area contributed by atoms with Crippen molar-refractivity contribution in [2.45, 2.75) is 77.6 Å². The number of ether oxygens (including phenoxy) is 2. The highest BCUT2D eigenvalue weighted by atomic mass is 19.2. The lowest BCUT2D eigenvalue weighted by Gasteiger charge is -2.27. The zero-order valence-corrected chi connectivity index (χ0v) is 22.8. The predicted octanol–water partition coefficient (Wildman–Crippen LogP) is 9.31. The Kier molecular flexibility index (Phi) is 10.1. The molecule has 0 unspecified atom stereocenters. The molecule has 208 valence electrons. The van der Waals surface area contributed by atoms with E-state index < -0.39 is 29.3 Å². The summed E-state index contributed by atoms with van der Waals surface area (Å²) >= 11 is 0. The largest absolute Gasteiger partial charge is 0.491 e. The van der Waals surface area contributed by atoms with Gasteiger partial charge >= 0.3 is 5.97 Å². The van der Waals surface area contributed by atoms with Gasteiger partial charge in [-0.25, -0.2) is 8.78 Å². The molecule has 1 aliphatic rings. The summed E-state index contributed by atoms with van der Waals surface area (Å²) in [7, 11) is 0. The topological polar surface area (TPSA) is 35.5 Å². The van der Waals surface area contributed by atoms with Gasteiger partial charge in [0.2, 0.25) is 5.82 Å². The van der Waals surface area contributed by atoms with Gasteiger partial charge in [0.25, 0.3) is 0 Å². The van der Waals surface area contributed by atoms with Crippen molar-refractivity contribution in [1.82, 2.24) is 0 Å². The van der Waals surface area contributed by atoms with Crippen LogP contribution in [-0.2, 0) is 4.79 Å². The Bertz CT molecular complexity index is 1250. The van der Waals surface area contributed by atoms with Crippen LogP contribution in [0.3, 0.4) is 0 Å². The predicted molar refractivity (Wildman–Crippen MR) is 148 cm³/mol. The summed E-state index contributed by atoms with van der Waals surface area (Å²) in [6.45, 7) is 4.59. The fourth-order valence-electron chi connectivity index (χ4n) is 5.20. The minimum absolute atomic E-state index is 0.114. The standard InChI is InChI=1S/C33H37F3O3/c1-3-4-5-6-7-20-38-29-18-16-26(21-28(29)34)23-12-14-25(15-13-23)33(37)39-30-19-17-27(31(35)32(30)36)24-10-8-22(2)9-11-24/h8-11,16-19,21,23,25H,3-7,12-15,20H2,1-2H3. The molecule has 3 aromatic carbocycles. The maximum absolute atomic E-state index is 14.8. The molecule has 0 N–H and O–H groups in total. The maximum Gasteiger partial charge on any atom is 0.314 e. The van der Waals surface area contributed by atoms with E-state index in [9.17, 15) is 18.0 Å². The van der Waals surface area contributed by atoms with Crippen LogP contribution in [0, 0.1) is 30.3 Å². The van der Waals surface area contributed by atoms with Gasteiger partial charge in [-0.2, -0.15) is 4.39 Å². The Morgan fingerprint density at radius 1 is 0.821 bits per heavy atom. The Morgan fingerprint density at radius 2 is 1.51 bits per heavy atom. The molecule has 39 heavy (non-hydrogen) atoms. The molecule has 3 nitrogen and oxygen atoms in total. The van der Waals surface area contributed by atoms with Crippen LogP contribution in [0.1, 0.15) is 81.8 Å². The number of carbonyl (C=O) groups is 1. The van der Waals surface area contributed by atoms with Gasteiger partial charge in [0, 0.05) is 5.56 Å². The van der Waals surface area contributed by atoms with Gasteiger partial charge in [-0.3, -0.25) is 4.79 Å². The Morgan fingerprint density at radius 3 is 2.21 bits per heavy atom. The first-order chi connectivity index (χ1) is 18.9.